The Morgan fingerprint density at radius 2 is 1.78 bits per heavy atom. The van der Waals surface area contributed by atoms with E-state index in [0.717, 1.165) is 0 Å². The van der Waals surface area contributed by atoms with E-state index in [1.807, 2.05) is 0 Å². The van der Waals surface area contributed by atoms with Gasteiger partial charge in [-0.25, -0.2) is 4.79 Å². The van der Waals surface area contributed by atoms with Crippen molar-refractivity contribution in [3.63, 3.8) is 0 Å². The Labute approximate surface area is 109 Å². The second-order valence-corrected chi connectivity index (χ2v) is 5.80. The molecule has 0 aromatic rings. The second kappa shape index (κ2) is 7.24. The van der Waals surface area contributed by atoms with Gasteiger partial charge in [0.25, 0.3) is 0 Å². The van der Waals surface area contributed by atoms with Crippen LogP contribution in [0.25, 0.3) is 0 Å². The number of rotatable bonds is 7. The fourth-order valence-corrected chi connectivity index (χ4v) is 1.20. The summed E-state index contributed by atoms with van der Waals surface area (Å²) in [5, 5.41) is 14.1. The van der Waals surface area contributed by atoms with Crippen LogP contribution in [-0.2, 0) is 4.79 Å². The highest BCUT2D eigenvalue weighted by atomic mass is 16.4. The third-order valence-electron chi connectivity index (χ3n) is 3.44. The van der Waals surface area contributed by atoms with Gasteiger partial charge in [-0.2, -0.15) is 0 Å². The molecule has 0 aliphatic carbocycles. The Balaban J connectivity index is 3.94. The van der Waals surface area contributed by atoms with Gasteiger partial charge in [0.05, 0.1) is 0 Å². The predicted molar refractivity (Wildman–Crippen MR) is 71.5 cm³/mol. The van der Waals surface area contributed by atoms with Crippen molar-refractivity contribution in [2.45, 2.75) is 53.5 Å². The Morgan fingerprint density at radius 1 is 1.22 bits per heavy atom. The molecule has 2 amide bonds. The normalized spacial score (nSPS) is 13.2. The zero-order valence-corrected chi connectivity index (χ0v) is 12.0. The van der Waals surface area contributed by atoms with Crippen LogP contribution in [0.2, 0.25) is 0 Å². The monoisotopic (exact) mass is 258 g/mol. The average Bonchev–Trinajstić information content (AvgIpc) is 2.23. The molecule has 5 nitrogen and oxygen atoms in total. The zero-order chi connectivity index (χ0) is 14.3. The van der Waals surface area contributed by atoms with Crippen LogP contribution < -0.4 is 10.6 Å². The molecule has 0 heterocycles. The lowest BCUT2D eigenvalue weighted by Gasteiger charge is -2.29. The topological polar surface area (TPSA) is 78.4 Å². The molecule has 0 aromatic carbocycles. The number of carbonyl (C=O) groups is 2. The number of hydrogen-bond donors (Lipinski definition) is 3. The molecule has 0 fully saturated rings. The molecule has 0 bridgehead atoms. The average molecular weight is 258 g/mol. The number of hydrogen-bond acceptors (Lipinski definition) is 2. The summed E-state index contributed by atoms with van der Waals surface area (Å²) in [6.07, 6.45) is 0.509. The van der Waals surface area contributed by atoms with Gasteiger partial charge in [-0.05, 0) is 24.7 Å². The second-order valence-electron chi connectivity index (χ2n) is 5.80. The van der Waals surface area contributed by atoms with E-state index in [0.29, 0.717) is 18.9 Å². The smallest absolute Gasteiger partial charge is 0.315 e. The highest BCUT2D eigenvalue weighted by Crippen LogP contribution is 2.24. The molecule has 0 radical (unpaired) electrons. The molecule has 0 aromatic heterocycles. The molecule has 3 N–H and O–H groups in total. The molecular weight excluding hydrogens is 232 g/mol. The first-order chi connectivity index (χ1) is 8.15. The third-order valence-corrected chi connectivity index (χ3v) is 3.44. The molecule has 1 atom stereocenters. The number of amides is 2. The maximum atomic E-state index is 11.6. The molecule has 18 heavy (non-hydrogen) atoms. The Bertz CT molecular complexity index is 288. The fourth-order valence-electron chi connectivity index (χ4n) is 1.20. The summed E-state index contributed by atoms with van der Waals surface area (Å²) in [4.78, 5) is 22.0. The van der Waals surface area contributed by atoms with Gasteiger partial charge < -0.3 is 15.7 Å². The molecule has 0 saturated carbocycles. The van der Waals surface area contributed by atoms with Crippen LogP contribution in [0, 0.1) is 11.3 Å². The minimum Gasteiger partial charge on any atom is -0.481 e. The van der Waals surface area contributed by atoms with Crippen molar-refractivity contribution in [1.29, 1.82) is 0 Å². The van der Waals surface area contributed by atoms with E-state index in [1.54, 1.807) is 6.92 Å². The highest BCUT2D eigenvalue weighted by Gasteiger charge is 2.23. The van der Waals surface area contributed by atoms with Crippen molar-refractivity contribution >= 4 is 12.0 Å². The first-order valence-electron chi connectivity index (χ1n) is 6.41. The molecule has 0 rings (SSSR count). The minimum atomic E-state index is -0.843. The molecule has 0 saturated heterocycles. The van der Waals surface area contributed by atoms with Gasteiger partial charge in [-0.15, -0.1) is 0 Å². The number of nitrogens with one attached hydrogen (secondary N) is 2. The van der Waals surface area contributed by atoms with Gasteiger partial charge in [0.15, 0.2) is 0 Å². The van der Waals surface area contributed by atoms with E-state index in [1.165, 1.54) is 0 Å². The standard InChI is InChI=1S/C13H26N2O3/c1-9(2)13(4,5)8-14-12(18)15-10(3)6-7-11(16)17/h9-10H,6-8H2,1-5H3,(H,16,17)(H2,14,15,18). The minimum absolute atomic E-state index is 0.0433. The Kier molecular flexibility index (Phi) is 6.73. The van der Waals surface area contributed by atoms with E-state index in [9.17, 15) is 9.59 Å². The van der Waals surface area contributed by atoms with Crippen LogP contribution in [0.5, 0.6) is 0 Å². The van der Waals surface area contributed by atoms with Crippen LogP contribution >= 0.6 is 0 Å². The van der Waals surface area contributed by atoms with Gasteiger partial charge in [0.1, 0.15) is 0 Å². The molecule has 0 aliphatic rings. The summed E-state index contributed by atoms with van der Waals surface area (Å²) < 4.78 is 0. The lowest BCUT2D eigenvalue weighted by molar-refractivity contribution is -0.137. The van der Waals surface area contributed by atoms with Gasteiger partial charge in [0.2, 0.25) is 0 Å². The van der Waals surface area contributed by atoms with E-state index < -0.39 is 5.97 Å². The quantitative estimate of drug-likeness (QED) is 0.655. The number of carboxylic acids is 1. The number of urea groups is 1. The molecule has 5 heteroatoms. The number of carboxylic acid groups (broad SMARTS) is 1. The van der Waals surface area contributed by atoms with Gasteiger partial charge in [-0.3, -0.25) is 4.79 Å². The summed E-state index contributed by atoms with van der Waals surface area (Å²) >= 11 is 0. The van der Waals surface area contributed by atoms with E-state index in [4.69, 9.17) is 5.11 Å². The largest absolute Gasteiger partial charge is 0.481 e. The summed E-state index contributed by atoms with van der Waals surface area (Å²) in [6.45, 7) is 10.8. The van der Waals surface area contributed by atoms with Crippen molar-refractivity contribution in [2.75, 3.05) is 6.54 Å². The van der Waals surface area contributed by atoms with Crippen molar-refractivity contribution in [3.05, 3.63) is 0 Å². The molecule has 0 aliphatic heterocycles. The van der Waals surface area contributed by atoms with Crippen molar-refractivity contribution < 1.29 is 14.7 Å². The molecule has 1 unspecified atom stereocenters. The van der Waals surface area contributed by atoms with E-state index >= 15 is 0 Å². The van der Waals surface area contributed by atoms with Gasteiger partial charge in [0, 0.05) is 19.0 Å². The van der Waals surface area contributed by atoms with Crippen LogP contribution in [0.4, 0.5) is 4.79 Å². The third kappa shape index (κ3) is 7.14. The van der Waals surface area contributed by atoms with Crippen LogP contribution in [-0.4, -0.2) is 29.7 Å². The SMILES string of the molecule is CC(CCC(=O)O)NC(=O)NCC(C)(C)C(C)C. The molecule has 106 valence electrons. The van der Waals surface area contributed by atoms with E-state index in [2.05, 4.69) is 38.3 Å². The fraction of sp³-hybridized carbons (Fsp3) is 0.846. The molecular formula is C13H26N2O3. The van der Waals surface area contributed by atoms with Crippen molar-refractivity contribution in [2.24, 2.45) is 11.3 Å². The van der Waals surface area contributed by atoms with Gasteiger partial charge >= 0.3 is 12.0 Å². The van der Waals surface area contributed by atoms with Crippen molar-refractivity contribution in [1.82, 2.24) is 10.6 Å². The highest BCUT2D eigenvalue weighted by molar-refractivity contribution is 5.74. The van der Waals surface area contributed by atoms with E-state index in [-0.39, 0.29) is 23.9 Å². The summed E-state index contributed by atoms with van der Waals surface area (Å²) in [7, 11) is 0. The van der Waals surface area contributed by atoms with Crippen LogP contribution in [0.3, 0.4) is 0 Å². The van der Waals surface area contributed by atoms with Crippen molar-refractivity contribution in [3.8, 4) is 0 Å². The first-order valence-corrected chi connectivity index (χ1v) is 6.41. The number of aliphatic carboxylic acids is 1. The first kappa shape index (κ1) is 16.7. The maximum absolute atomic E-state index is 11.6. The summed E-state index contributed by atoms with van der Waals surface area (Å²) in [5.41, 5.74) is 0.0433. The number of carbonyl (C=O) groups excluding carboxylic acids is 1. The van der Waals surface area contributed by atoms with Crippen LogP contribution in [0.1, 0.15) is 47.5 Å². The Hall–Kier alpha value is -1.26. The summed E-state index contributed by atoms with van der Waals surface area (Å²) in [5.74, 6) is -0.368. The molecule has 0 spiro atoms. The lowest BCUT2D eigenvalue weighted by Crippen LogP contribution is -2.45. The van der Waals surface area contributed by atoms with Crippen LogP contribution in [0.15, 0.2) is 0 Å². The zero-order valence-electron chi connectivity index (χ0n) is 12.0. The van der Waals surface area contributed by atoms with Gasteiger partial charge in [-0.1, -0.05) is 27.7 Å². The lowest BCUT2D eigenvalue weighted by atomic mass is 9.81. The Morgan fingerprint density at radius 3 is 2.22 bits per heavy atom. The summed E-state index contributed by atoms with van der Waals surface area (Å²) in [6, 6.07) is -0.370. The maximum Gasteiger partial charge on any atom is 0.315 e. The predicted octanol–water partition coefficient (Wildman–Crippen LogP) is 2.22.